The third-order valence-electron chi connectivity index (χ3n) is 17.5. The Hall–Kier alpha value is -12.3. The molecule has 18 aromatic rings. The van der Waals surface area contributed by atoms with Crippen molar-refractivity contribution < 1.29 is 23.0 Å². The molecule has 0 aliphatic carbocycles. The summed E-state index contributed by atoms with van der Waals surface area (Å²) in [6, 6.07) is 82.7. The SMILES string of the molecule is [2H]c1c([2H])c([2H])c(-c2cccc(-c3c([2H])c([2H])c([2H])c([2H])c3[2H])c2-[n+]2[c-]n(-c3cccc(Oc4cc5c(cc4-n4c6ccccc6c6ccccc64)c4ccccc4n5-c4cc(-n5c6ccccc6c6ccccc6c6ccccc6c6ccccc65)ccn4)c3)c3ccccc32)c([2H])c1[2H]. The van der Waals surface area contributed by atoms with Gasteiger partial charge in [0.2, 0.25) is 0 Å². The molecule has 0 N–H and O–H groups in total. The van der Waals surface area contributed by atoms with Gasteiger partial charge in [0, 0.05) is 50.6 Å². The second kappa shape index (κ2) is 21.2. The maximum Gasteiger partial charge on any atom is 0.269 e. The van der Waals surface area contributed by atoms with E-state index >= 15 is 0 Å². The van der Waals surface area contributed by atoms with Crippen LogP contribution in [0.15, 0.2) is 327 Å². The number of ether oxygens (including phenoxy) is 1. The smallest absolute Gasteiger partial charge is 0.269 e. The molecule has 0 aliphatic heterocycles. The van der Waals surface area contributed by atoms with Crippen molar-refractivity contribution in [2.24, 2.45) is 0 Å². The third-order valence-corrected chi connectivity index (χ3v) is 17.5. The molecule has 7 nitrogen and oxygen atoms in total. The van der Waals surface area contributed by atoms with E-state index < -0.39 is 60.4 Å². The third kappa shape index (κ3) is 8.43. The summed E-state index contributed by atoms with van der Waals surface area (Å²) in [4.78, 5) is 5.26. The van der Waals surface area contributed by atoms with Gasteiger partial charge in [0.1, 0.15) is 11.6 Å². The Morgan fingerprint density at radius 2 is 0.802 bits per heavy atom. The van der Waals surface area contributed by atoms with Crippen LogP contribution in [-0.4, -0.2) is 23.3 Å². The molecule has 91 heavy (non-hydrogen) atoms. The molecule has 0 atom stereocenters. The number of aromatic nitrogens is 6. The molecule has 0 radical (unpaired) electrons. The summed E-state index contributed by atoms with van der Waals surface area (Å²) in [7, 11) is 0. The standard InChI is InChI=1S/C84H54N6O/c1-3-25-56(26-4-1)61-40-24-41-62(57-27-5-2-6-28-57)84(61)87-55-86(78-47-21-22-48-79(78)87)58-29-23-30-60(51-58)91-82-54-80-72(53-81(82)89-75-44-18-13-37-69(75)70-38-14-19-45-76(70)89)71-39-15-20-46-77(71)90(80)83-52-59(49-50-85-83)88-73-42-16-11-35-67(73)65-33-9-7-31-63(65)64-32-8-10-34-66(64)68-36-12-17-43-74(68)88/h1-54H/i1D,2D,3D,4D,5D,6D,25D,26D,27D,28D. The van der Waals surface area contributed by atoms with Crippen LogP contribution in [0.25, 0.3) is 149 Å². The van der Waals surface area contributed by atoms with Crippen molar-refractivity contribution in [2.75, 3.05) is 0 Å². The van der Waals surface area contributed by atoms with Crippen LogP contribution in [0.4, 0.5) is 0 Å². The van der Waals surface area contributed by atoms with Crippen molar-refractivity contribution in [1.29, 1.82) is 0 Å². The number of imidazole rings is 1. The lowest BCUT2D eigenvalue weighted by Crippen LogP contribution is -2.31. The van der Waals surface area contributed by atoms with Gasteiger partial charge in [-0.1, -0.05) is 248 Å². The minimum Gasteiger partial charge on any atom is -0.456 e. The van der Waals surface area contributed by atoms with Gasteiger partial charge in [-0.3, -0.25) is 13.7 Å². The maximum absolute atomic E-state index is 9.24. The molecule has 0 spiro atoms. The lowest BCUT2D eigenvalue weighted by Gasteiger charge is -2.17. The Morgan fingerprint density at radius 3 is 1.36 bits per heavy atom. The number of pyridine rings is 1. The highest BCUT2D eigenvalue weighted by molar-refractivity contribution is 6.20. The Labute approximate surface area is 538 Å². The van der Waals surface area contributed by atoms with Crippen LogP contribution in [0.2, 0.25) is 0 Å². The maximum atomic E-state index is 9.24. The summed E-state index contributed by atoms with van der Waals surface area (Å²) in [5.41, 5.74) is 9.27. The van der Waals surface area contributed by atoms with Gasteiger partial charge in [-0.15, -0.1) is 0 Å². The fraction of sp³-hybridized carbons (Fsp3) is 0. The zero-order valence-electron chi connectivity index (χ0n) is 58.5. The normalized spacial score (nSPS) is 13.3. The molecule has 0 fully saturated rings. The van der Waals surface area contributed by atoms with Crippen LogP contribution >= 0.6 is 0 Å². The predicted octanol–water partition coefficient (Wildman–Crippen LogP) is 21.0. The van der Waals surface area contributed by atoms with Gasteiger partial charge in [0.25, 0.3) is 6.33 Å². The Kier molecular flexibility index (Phi) is 9.92. The summed E-state index contributed by atoms with van der Waals surface area (Å²) in [5, 5.41) is 10.8. The molecule has 7 heteroatoms. The molecule has 5 heterocycles. The average Bonchev–Trinajstić information content (AvgIpc) is 1.62. The van der Waals surface area contributed by atoms with Crippen molar-refractivity contribution in [3.8, 4) is 62.3 Å². The van der Waals surface area contributed by atoms with Gasteiger partial charge in [-0.25, -0.2) is 4.98 Å². The van der Waals surface area contributed by atoms with Gasteiger partial charge in [-0.2, -0.15) is 0 Å². The zero-order valence-corrected chi connectivity index (χ0v) is 48.5. The molecule has 426 valence electrons. The van der Waals surface area contributed by atoms with Crippen molar-refractivity contribution in [3.05, 3.63) is 334 Å². The zero-order chi connectivity index (χ0) is 68.6. The highest BCUT2D eigenvalue weighted by atomic mass is 16.5. The first kappa shape index (κ1) is 42.5. The molecule has 18 rings (SSSR count). The predicted molar refractivity (Wildman–Crippen MR) is 374 cm³/mol. The van der Waals surface area contributed by atoms with E-state index in [1.807, 2.05) is 71.4 Å². The minimum absolute atomic E-state index is 0.139. The van der Waals surface area contributed by atoms with E-state index in [4.69, 9.17) is 17.9 Å². The molecular weight excluding hydrogens is 1110 g/mol. The van der Waals surface area contributed by atoms with Crippen LogP contribution in [0.3, 0.4) is 0 Å². The molecule has 0 bridgehead atoms. The Balaban J connectivity index is 0.861. The highest BCUT2D eigenvalue weighted by Gasteiger charge is 2.24. The minimum atomic E-state index is -0.580. The average molecular weight is 1170 g/mol. The Morgan fingerprint density at radius 1 is 0.352 bits per heavy atom. The molecule has 0 unspecified atom stereocenters. The number of benzene rings is 13. The first-order valence-corrected chi connectivity index (χ1v) is 30.0. The molecule has 5 aromatic heterocycles. The van der Waals surface area contributed by atoms with Crippen molar-refractivity contribution in [1.82, 2.24) is 23.3 Å². The van der Waals surface area contributed by atoms with Crippen LogP contribution in [0, 0.1) is 6.33 Å². The van der Waals surface area contributed by atoms with Gasteiger partial charge in [0.05, 0.1) is 80.6 Å². The van der Waals surface area contributed by atoms with Gasteiger partial charge in [0.15, 0.2) is 5.75 Å². The molecule has 13 aromatic carbocycles. The summed E-state index contributed by atoms with van der Waals surface area (Å²) in [6.07, 6.45) is 5.43. The fourth-order valence-electron chi connectivity index (χ4n) is 13.6. The van der Waals surface area contributed by atoms with Gasteiger partial charge < -0.3 is 13.9 Å². The van der Waals surface area contributed by atoms with E-state index in [1.165, 1.54) is 0 Å². The highest BCUT2D eigenvalue weighted by Crippen LogP contribution is 2.44. The van der Waals surface area contributed by atoms with Gasteiger partial charge >= 0.3 is 0 Å². The van der Waals surface area contributed by atoms with Crippen molar-refractivity contribution >= 4 is 98.0 Å². The molecule has 0 saturated heterocycles. The first-order chi connectivity index (χ1) is 49.3. The number of rotatable bonds is 9. The second-order valence-electron chi connectivity index (χ2n) is 22.5. The van der Waals surface area contributed by atoms with E-state index in [0.717, 1.165) is 98.3 Å². The van der Waals surface area contributed by atoms with Crippen LogP contribution in [0.1, 0.15) is 13.7 Å². The van der Waals surface area contributed by atoms with Crippen molar-refractivity contribution in [2.45, 2.75) is 0 Å². The lowest BCUT2D eigenvalue weighted by molar-refractivity contribution is -0.571. The summed E-state index contributed by atoms with van der Waals surface area (Å²) in [5.74, 6) is 1.65. The summed E-state index contributed by atoms with van der Waals surface area (Å²) in [6.45, 7) is 0. The number of para-hydroxylation sites is 8. The van der Waals surface area contributed by atoms with E-state index in [0.29, 0.717) is 34.0 Å². The van der Waals surface area contributed by atoms with E-state index in [2.05, 4.69) is 202 Å². The van der Waals surface area contributed by atoms with Crippen LogP contribution in [0.5, 0.6) is 11.5 Å². The van der Waals surface area contributed by atoms with Gasteiger partial charge in [-0.05, 0) is 104 Å². The largest absolute Gasteiger partial charge is 0.456 e. The lowest BCUT2D eigenvalue weighted by atomic mass is 9.95. The summed E-state index contributed by atoms with van der Waals surface area (Å²) >= 11 is 0. The monoisotopic (exact) mass is 1170 g/mol. The molecule has 0 aliphatic rings. The van der Waals surface area contributed by atoms with E-state index in [-0.39, 0.29) is 27.9 Å². The summed E-state index contributed by atoms with van der Waals surface area (Å²) < 4.78 is 107. The quantitative estimate of drug-likeness (QED) is 0.107. The number of nitrogens with zero attached hydrogens (tertiary/aromatic N) is 6. The molecule has 0 saturated carbocycles. The van der Waals surface area contributed by atoms with E-state index in [1.54, 1.807) is 22.8 Å². The van der Waals surface area contributed by atoms with E-state index in [9.17, 15) is 5.48 Å². The number of hydrogen-bond acceptors (Lipinski definition) is 2. The first-order valence-electron chi connectivity index (χ1n) is 35.0. The molecule has 0 amide bonds. The molecular formula is C84H54N6O. The van der Waals surface area contributed by atoms with Crippen LogP contribution < -0.4 is 9.30 Å². The fourth-order valence-corrected chi connectivity index (χ4v) is 13.6. The number of fused-ring (bicyclic) bond motifs is 14. The number of hydrogen-bond donors (Lipinski definition) is 0. The van der Waals surface area contributed by atoms with Crippen molar-refractivity contribution in [3.63, 3.8) is 0 Å². The second-order valence-corrected chi connectivity index (χ2v) is 22.5. The topological polar surface area (TPSA) is 45.7 Å². The Bertz CT molecular complexity index is 6370. The van der Waals surface area contributed by atoms with Crippen LogP contribution in [-0.2, 0) is 0 Å².